The highest BCUT2D eigenvalue weighted by molar-refractivity contribution is 5.91. The molecule has 0 spiro atoms. The van der Waals surface area contributed by atoms with Crippen molar-refractivity contribution >= 4 is 23.7 Å². The smallest absolute Gasteiger partial charge is 0.243 e. The largest absolute Gasteiger partial charge is 0.370 e. The SMILES string of the molecule is CC(=O)NC(CCCN=C(N)N)C(=O)NC(CC(C)C)C(N)=O. The first kappa shape index (κ1) is 20.7. The number of carbonyl (C=O) groups is 3. The summed E-state index contributed by atoms with van der Waals surface area (Å²) < 4.78 is 0. The number of aliphatic imine (C=N–C) groups is 1. The Morgan fingerprint density at radius 2 is 1.65 bits per heavy atom. The molecule has 0 aromatic heterocycles. The maximum Gasteiger partial charge on any atom is 0.243 e. The maximum absolute atomic E-state index is 12.3. The number of carbonyl (C=O) groups excluding carboxylic acids is 3. The number of hydrogen-bond donors (Lipinski definition) is 5. The molecule has 3 amide bonds. The highest BCUT2D eigenvalue weighted by Crippen LogP contribution is 2.06. The zero-order valence-corrected chi connectivity index (χ0v) is 14.0. The summed E-state index contributed by atoms with van der Waals surface area (Å²) in [7, 11) is 0. The fourth-order valence-electron chi connectivity index (χ4n) is 2.01. The van der Waals surface area contributed by atoms with E-state index in [1.54, 1.807) is 0 Å². The van der Waals surface area contributed by atoms with Crippen LogP contribution >= 0.6 is 0 Å². The molecule has 0 aliphatic heterocycles. The van der Waals surface area contributed by atoms with E-state index in [0.29, 0.717) is 25.8 Å². The van der Waals surface area contributed by atoms with E-state index in [4.69, 9.17) is 17.2 Å². The van der Waals surface area contributed by atoms with Gasteiger partial charge in [0, 0.05) is 13.5 Å². The summed E-state index contributed by atoms with van der Waals surface area (Å²) in [5.41, 5.74) is 15.7. The topological polar surface area (TPSA) is 166 Å². The van der Waals surface area contributed by atoms with Crippen molar-refractivity contribution in [1.82, 2.24) is 10.6 Å². The lowest BCUT2D eigenvalue weighted by Crippen LogP contribution is -2.53. The van der Waals surface area contributed by atoms with Crippen LogP contribution in [0.1, 0.15) is 40.0 Å². The lowest BCUT2D eigenvalue weighted by molar-refractivity contribution is -0.131. The minimum Gasteiger partial charge on any atom is -0.370 e. The Morgan fingerprint density at radius 3 is 2.09 bits per heavy atom. The molecule has 9 nitrogen and oxygen atoms in total. The van der Waals surface area contributed by atoms with Crippen molar-refractivity contribution in [2.24, 2.45) is 28.1 Å². The third-order valence-corrected chi connectivity index (χ3v) is 3.01. The summed E-state index contributed by atoms with van der Waals surface area (Å²) in [4.78, 5) is 38.8. The standard InChI is InChI=1S/C14H28N6O3/c1-8(2)7-11(12(15)22)20-13(23)10(19-9(3)21)5-4-6-18-14(16)17/h8,10-11H,4-7H2,1-3H3,(H2,15,22)(H,19,21)(H,20,23)(H4,16,17,18). The highest BCUT2D eigenvalue weighted by atomic mass is 16.2. The lowest BCUT2D eigenvalue weighted by Gasteiger charge is -2.22. The minimum absolute atomic E-state index is 0.0312. The maximum atomic E-state index is 12.3. The number of primary amides is 1. The van der Waals surface area contributed by atoms with Crippen molar-refractivity contribution in [3.63, 3.8) is 0 Å². The number of rotatable bonds is 10. The fourth-order valence-corrected chi connectivity index (χ4v) is 2.01. The lowest BCUT2D eigenvalue weighted by atomic mass is 10.0. The average Bonchev–Trinajstić information content (AvgIpc) is 2.39. The molecule has 0 aromatic carbocycles. The molecule has 0 aromatic rings. The first-order valence-corrected chi connectivity index (χ1v) is 7.55. The van der Waals surface area contributed by atoms with Gasteiger partial charge in [0.25, 0.3) is 0 Å². The third kappa shape index (κ3) is 10.1. The normalized spacial score (nSPS) is 13.0. The minimum atomic E-state index is -0.768. The van der Waals surface area contributed by atoms with Crippen molar-refractivity contribution in [2.45, 2.75) is 52.1 Å². The van der Waals surface area contributed by atoms with Gasteiger partial charge in [-0.05, 0) is 25.2 Å². The number of nitrogens with zero attached hydrogens (tertiary/aromatic N) is 1. The van der Waals surface area contributed by atoms with Gasteiger partial charge in [-0.1, -0.05) is 13.8 Å². The monoisotopic (exact) mass is 328 g/mol. The Hall–Kier alpha value is -2.32. The molecule has 2 unspecified atom stereocenters. The third-order valence-electron chi connectivity index (χ3n) is 3.01. The van der Waals surface area contributed by atoms with Crippen LogP contribution < -0.4 is 27.8 Å². The van der Waals surface area contributed by atoms with Crippen LogP contribution in [0.2, 0.25) is 0 Å². The first-order chi connectivity index (χ1) is 10.6. The molecular formula is C14H28N6O3. The van der Waals surface area contributed by atoms with E-state index < -0.39 is 23.9 Å². The molecule has 2 atom stereocenters. The Kier molecular flexibility index (Phi) is 9.36. The van der Waals surface area contributed by atoms with Gasteiger partial charge in [0.15, 0.2) is 5.96 Å². The van der Waals surface area contributed by atoms with Crippen molar-refractivity contribution in [3.05, 3.63) is 0 Å². The van der Waals surface area contributed by atoms with Gasteiger partial charge < -0.3 is 27.8 Å². The van der Waals surface area contributed by atoms with Gasteiger partial charge in [0.1, 0.15) is 12.1 Å². The van der Waals surface area contributed by atoms with Gasteiger partial charge in [-0.15, -0.1) is 0 Å². The van der Waals surface area contributed by atoms with Crippen LogP contribution in [0.5, 0.6) is 0 Å². The predicted molar refractivity (Wildman–Crippen MR) is 88.1 cm³/mol. The Bertz CT molecular complexity index is 446. The van der Waals surface area contributed by atoms with Crippen LogP contribution in [0.25, 0.3) is 0 Å². The molecule has 132 valence electrons. The summed E-state index contributed by atoms with van der Waals surface area (Å²) in [5.74, 6) is -1.24. The van der Waals surface area contributed by atoms with Crippen molar-refractivity contribution in [3.8, 4) is 0 Å². The summed E-state index contributed by atoms with van der Waals surface area (Å²) in [5, 5.41) is 5.14. The molecule has 0 heterocycles. The molecule has 0 saturated heterocycles. The second-order valence-electron chi connectivity index (χ2n) is 5.80. The summed E-state index contributed by atoms with van der Waals surface area (Å²) >= 11 is 0. The number of nitrogens with two attached hydrogens (primary N) is 3. The summed E-state index contributed by atoms with van der Waals surface area (Å²) in [6.07, 6.45) is 1.28. The molecule has 0 rings (SSSR count). The number of guanidine groups is 1. The highest BCUT2D eigenvalue weighted by Gasteiger charge is 2.25. The molecule has 0 aliphatic carbocycles. The van der Waals surface area contributed by atoms with Crippen molar-refractivity contribution in [2.75, 3.05) is 6.54 Å². The van der Waals surface area contributed by atoms with Gasteiger partial charge in [-0.3, -0.25) is 19.4 Å². The van der Waals surface area contributed by atoms with E-state index in [2.05, 4.69) is 15.6 Å². The van der Waals surface area contributed by atoms with E-state index in [1.165, 1.54) is 6.92 Å². The molecule has 23 heavy (non-hydrogen) atoms. The van der Waals surface area contributed by atoms with Crippen molar-refractivity contribution < 1.29 is 14.4 Å². The molecule has 0 radical (unpaired) electrons. The Morgan fingerprint density at radius 1 is 1.04 bits per heavy atom. The predicted octanol–water partition coefficient (Wildman–Crippen LogP) is -1.44. The Balaban J connectivity index is 4.73. The van der Waals surface area contributed by atoms with Gasteiger partial charge in [0.05, 0.1) is 0 Å². The summed E-state index contributed by atoms with van der Waals surface area (Å²) in [6.45, 7) is 5.50. The van der Waals surface area contributed by atoms with Crippen molar-refractivity contribution in [1.29, 1.82) is 0 Å². The van der Waals surface area contributed by atoms with Crippen LogP contribution in [0.3, 0.4) is 0 Å². The van der Waals surface area contributed by atoms with E-state index in [-0.39, 0.29) is 17.8 Å². The quantitative estimate of drug-likeness (QED) is 0.188. The van der Waals surface area contributed by atoms with Crippen LogP contribution in [0, 0.1) is 5.92 Å². The second kappa shape index (κ2) is 10.4. The average molecular weight is 328 g/mol. The van der Waals surface area contributed by atoms with Gasteiger partial charge >= 0.3 is 0 Å². The van der Waals surface area contributed by atoms with E-state index in [1.807, 2.05) is 13.8 Å². The summed E-state index contributed by atoms with van der Waals surface area (Å²) in [6, 6.07) is -1.54. The Labute approximate surface area is 136 Å². The van der Waals surface area contributed by atoms with Crippen LogP contribution in [-0.4, -0.2) is 42.3 Å². The van der Waals surface area contributed by atoms with Crippen LogP contribution in [0.15, 0.2) is 4.99 Å². The molecule has 9 heteroatoms. The first-order valence-electron chi connectivity index (χ1n) is 7.55. The number of hydrogen-bond acceptors (Lipinski definition) is 4. The molecule has 0 fully saturated rings. The van der Waals surface area contributed by atoms with E-state index in [9.17, 15) is 14.4 Å². The molecule has 0 aliphatic rings. The number of amides is 3. The van der Waals surface area contributed by atoms with Gasteiger partial charge in [-0.25, -0.2) is 0 Å². The zero-order chi connectivity index (χ0) is 18.0. The molecule has 0 saturated carbocycles. The number of nitrogens with one attached hydrogen (secondary N) is 2. The van der Waals surface area contributed by atoms with Gasteiger partial charge in [0.2, 0.25) is 17.7 Å². The van der Waals surface area contributed by atoms with Crippen LogP contribution in [0.4, 0.5) is 0 Å². The second-order valence-corrected chi connectivity index (χ2v) is 5.80. The molecular weight excluding hydrogens is 300 g/mol. The molecule has 0 bridgehead atoms. The van der Waals surface area contributed by atoms with E-state index >= 15 is 0 Å². The zero-order valence-electron chi connectivity index (χ0n) is 14.0. The van der Waals surface area contributed by atoms with Gasteiger partial charge in [-0.2, -0.15) is 0 Å². The van der Waals surface area contributed by atoms with Crippen LogP contribution in [-0.2, 0) is 14.4 Å². The molecule has 8 N–H and O–H groups in total. The fraction of sp³-hybridized carbons (Fsp3) is 0.714. The van der Waals surface area contributed by atoms with E-state index in [0.717, 1.165) is 0 Å².